The summed E-state index contributed by atoms with van der Waals surface area (Å²) >= 11 is 0.484. The van der Waals surface area contributed by atoms with Gasteiger partial charge in [0.1, 0.15) is 0 Å². The van der Waals surface area contributed by atoms with Gasteiger partial charge in [-0.3, -0.25) is 0 Å². The van der Waals surface area contributed by atoms with Crippen LogP contribution >= 0.6 is 0 Å². The van der Waals surface area contributed by atoms with Gasteiger partial charge in [-0.05, 0) is 0 Å². The van der Waals surface area contributed by atoms with Crippen molar-refractivity contribution in [3.8, 4) is 0 Å². The third-order valence-electron chi connectivity index (χ3n) is 3.43. The first-order valence-electron chi connectivity index (χ1n) is 7.25. The molecule has 0 bridgehead atoms. The molecule has 1 aliphatic rings. The van der Waals surface area contributed by atoms with E-state index in [-0.39, 0.29) is 5.41 Å². The van der Waals surface area contributed by atoms with E-state index in [4.69, 9.17) is 0 Å². The summed E-state index contributed by atoms with van der Waals surface area (Å²) in [4.78, 5) is 0. The van der Waals surface area contributed by atoms with E-state index in [0.29, 0.717) is 21.0 Å². The van der Waals surface area contributed by atoms with Crippen LogP contribution in [-0.4, -0.2) is 21.5 Å². The summed E-state index contributed by atoms with van der Waals surface area (Å²) in [5, 5.41) is 3.71. The van der Waals surface area contributed by atoms with Crippen molar-refractivity contribution in [2.24, 2.45) is 5.41 Å². The first-order chi connectivity index (χ1) is 9.02. The minimum atomic E-state index is 0.290. The van der Waals surface area contributed by atoms with Crippen LogP contribution < -0.4 is 9.78 Å². The molecule has 1 aliphatic heterocycles. The molecule has 0 radical (unpaired) electrons. The summed E-state index contributed by atoms with van der Waals surface area (Å²) < 4.78 is 3.17. The van der Waals surface area contributed by atoms with Gasteiger partial charge in [-0.2, -0.15) is 0 Å². The maximum absolute atomic E-state index is 3.71. The number of nitrogens with one attached hydrogen (secondary N) is 1. The molecule has 0 spiro atoms. The second kappa shape index (κ2) is 6.26. The Balaban J connectivity index is 2.24. The molecule has 1 heterocycles. The predicted molar refractivity (Wildman–Crippen MR) is 85.0 cm³/mol. The fourth-order valence-corrected chi connectivity index (χ4v) is 4.76. The molecule has 1 unspecified atom stereocenters. The van der Waals surface area contributed by atoms with Gasteiger partial charge in [-0.1, -0.05) is 0 Å². The van der Waals surface area contributed by atoms with E-state index >= 15 is 0 Å². The number of rotatable bonds is 4. The van der Waals surface area contributed by atoms with Gasteiger partial charge < -0.3 is 0 Å². The predicted octanol–water partition coefficient (Wildman–Crippen LogP) is 3.39. The summed E-state index contributed by atoms with van der Waals surface area (Å²) in [5.74, 6) is 0. The van der Waals surface area contributed by atoms with Gasteiger partial charge in [0.05, 0.1) is 0 Å². The molecule has 2 rings (SSSR count). The van der Waals surface area contributed by atoms with Crippen LogP contribution in [0, 0.1) is 5.41 Å². The third kappa shape index (κ3) is 3.72. The molecule has 19 heavy (non-hydrogen) atoms. The first kappa shape index (κ1) is 14.8. The van der Waals surface area contributed by atoms with E-state index in [1.807, 2.05) is 0 Å². The Bertz CT molecular complexity index is 457. The fourth-order valence-electron chi connectivity index (χ4n) is 2.23. The van der Waals surface area contributed by atoms with Crippen LogP contribution in [-0.2, 0) is 0 Å². The SMILES string of the molecule is CCCCNC1C=C(C(C)(C)C)[Se]c2ccccc21. The van der Waals surface area contributed by atoms with Crippen LogP contribution in [0.1, 0.15) is 52.1 Å². The number of fused-ring (bicyclic) bond motifs is 1. The number of benzene rings is 1. The zero-order chi connectivity index (χ0) is 13.9. The monoisotopic (exact) mass is 323 g/mol. The molecule has 0 amide bonds. The van der Waals surface area contributed by atoms with Crippen LogP contribution in [0.3, 0.4) is 0 Å². The van der Waals surface area contributed by atoms with Crippen molar-refractivity contribution in [1.29, 1.82) is 0 Å². The van der Waals surface area contributed by atoms with Gasteiger partial charge in [0, 0.05) is 0 Å². The van der Waals surface area contributed by atoms with E-state index in [1.54, 1.807) is 8.93 Å². The number of allylic oxidation sites excluding steroid dienone is 1. The summed E-state index contributed by atoms with van der Waals surface area (Å²) in [6.45, 7) is 10.3. The molecule has 1 atom stereocenters. The van der Waals surface area contributed by atoms with Gasteiger partial charge in [0.2, 0.25) is 0 Å². The normalized spacial score (nSPS) is 18.9. The molecule has 0 aliphatic carbocycles. The van der Waals surface area contributed by atoms with Crippen LogP contribution in [0.4, 0.5) is 0 Å². The molecular formula is C17H25NSe. The summed E-state index contributed by atoms with van der Waals surface area (Å²) in [6.07, 6.45) is 4.99. The molecule has 0 fully saturated rings. The fraction of sp³-hybridized carbons (Fsp3) is 0.529. The number of hydrogen-bond acceptors (Lipinski definition) is 1. The third-order valence-corrected chi connectivity index (χ3v) is 6.70. The maximum atomic E-state index is 3.71. The van der Waals surface area contributed by atoms with Crippen molar-refractivity contribution in [3.63, 3.8) is 0 Å². The molecule has 1 aromatic rings. The zero-order valence-electron chi connectivity index (χ0n) is 12.5. The van der Waals surface area contributed by atoms with Crippen LogP contribution in [0.5, 0.6) is 0 Å². The average molecular weight is 322 g/mol. The zero-order valence-corrected chi connectivity index (χ0v) is 14.2. The second-order valence-electron chi connectivity index (χ2n) is 6.21. The quantitative estimate of drug-likeness (QED) is 0.662. The summed E-state index contributed by atoms with van der Waals surface area (Å²) in [6, 6.07) is 9.35. The van der Waals surface area contributed by atoms with Gasteiger partial charge in [0.15, 0.2) is 0 Å². The molecule has 1 nitrogen and oxygen atoms in total. The van der Waals surface area contributed by atoms with E-state index in [1.165, 1.54) is 18.4 Å². The standard InChI is InChI=1S/C17H25NSe/c1-5-6-11-18-14-12-16(17(2,3)4)19-15-10-8-7-9-13(14)15/h7-10,12,14,18H,5-6,11H2,1-4H3. The first-order valence-corrected chi connectivity index (χ1v) is 8.96. The number of unbranched alkanes of at least 4 members (excludes halogenated alkanes) is 1. The Morgan fingerprint density at radius 3 is 2.63 bits per heavy atom. The molecule has 0 saturated heterocycles. The summed E-state index contributed by atoms with van der Waals surface area (Å²) in [7, 11) is 0. The van der Waals surface area contributed by atoms with Crippen molar-refractivity contribution in [2.75, 3.05) is 6.54 Å². The van der Waals surface area contributed by atoms with Gasteiger partial charge in [-0.25, -0.2) is 0 Å². The summed E-state index contributed by atoms with van der Waals surface area (Å²) in [5.41, 5.74) is 1.78. The van der Waals surface area contributed by atoms with E-state index < -0.39 is 0 Å². The Morgan fingerprint density at radius 2 is 1.95 bits per heavy atom. The molecular weight excluding hydrogens is 297 g/mol. The molecule has 0 aromatic heterocycles. The average Bonchev–Trinajstić information content (AvgIpc) is 2.37. The van der Waals surface area contributed by atoms with Crippen LogP contribution in [0.15, 0.2) is 34.8 Å². The van der Waals surface area contributed by atoms with E-state index in [9.17, 15) is 0 Å². The van der Waals surface area contributed by atoms with E-state index in [0.717, 1.165) is 6.54 Å². The van der Waals surface area contributed by atoms with Crippen molar-refractivity contribution < 1.29 is 0 Å². The van der Waals surface area contributed by atoms with Crippen LogP contribution in [0.2, 0.25) is 0 Å². The Labute approximate surface area is 124 Å². The second-order valence-corrected chi connectivity index (χ2v) is 8.48. The van der Waals surface area contributed by atoms with Gasteiger partial charge in [0.25, 0.3) is 0 Å². The van der Waals surface area contributed by atoms with Gasteiger partial charge in [-0.15, -0.1) is 0 Å². The molecule has 0 saturated carbocycles. The Morgan fingerprint density at radius 1 is 1.21 bits per heavy atom. The minimum absolute atomic E-state index is 0.290. The Kier molecular flexibility index (Phi) is 4.89. The molecule has 104 valence electrons. The molecule has 2 heteroatoms. The van der Waals surface area contributed by atoms with Gasteiger partial charge >= 0.3 is 124 Å². The van der Waals surface area contributed by atoms with Crippen molar-refractivity contribution >= 4 is 19.4 Å². The van der Waals surface area contributed by atoms with E-state index in [2.05, 4.69) is 63.4 Å². The van der Waals surface area contributed by atoms with Crippen molar-refractivity contribution in [2.45, 2.75) is 46.6 Å². The number of hydrogen-bond donors (Lipinski definition) is 1. The van der Waals surface area contributed by atoms with Crippen molar-refractivity contribution in [1.82, 2.24) is 5.32 Å². The molecule has 1 aromatic carbocycles. The molecule has 1 N–H and O–H groups in total. The van der Waals surface area contributed by atoms with Crippen molar-refractivity contribution in [3.05, 3.63) is 40.4 Å². The topological polar surface area (TPSA) is 12.0 Å². The van der Waals surface area contributed by atoms with Crippen LogP contribution in [0.25, 0.3) is 0 Å². The Hall–Kier alpha value is -0.561.